The Hall–Kier alpha value is -1.72. The van der Waals surface area contributed by atoms with Crippen LogP contribution in [0.4, 0.5) is 0 Å². The fraction of sp³-hybridized carbons (Fsp3) is 0.500. The second kappa shape index (κ2) is 6.37. The van der Waals surface area contributed by atoms with Crippen molar-refractivity contribution in [2.45, 2.75) is 39.5 Å². The zero-order valence-electron chi connectivity index (χ0n) is 13.1. The first-order valence-electron chi connectivity index (χ1n) is 7.27. The van der Waals surface area contributed by atoms with Crippen LogP contribution in [-0.2, 0) is 13.6 Å². The topological polar surface area (TPSA) is 58.4 Å². The molecule has 1 heterocycles. The Labute approximate surface area is 124 Å². The molecular weight excluding hydrogens is 266 g/mol. The number of aliphatic hydroxyl groups excluding tert-OH is 1. The van der Waals surface area contributed by atoms with Gasteiger partial charge >= 0.3 is 0 Å². The van der Waals surface area contributed by atoms with Crippen LogP contribution < -0.4 is 5.56 Å². The largest absolute Gasteiger partial charge is 0.392 e. The minimum atomic E-state index is -0.412. The number of aromatic nitrogens is 2. The summed E-state index contributed by atoms with van der Waals surface area (Å²) in [7, 11) is 1.75. The molecule has 1 N–H and O–H groups in total. The number of rotatable bonds is 5. The minimum absolute atomic E-state index is 0.0312. The van der Waals surface area contributed by atoms with Crippen molar-refractivity contribution in [2.75, 3.05) is 6.54 Å². The molecule has 0 amide bonds. The predicted octanol–water partition coefficient (Wildman–Crippen LogP) is 1.52. The van der Waals surface area contributed by atoms with Crippen molar-refractivity contribution in [3.05, 3.63) is 40.4 Å². The Morgan fingerprint density at radius 2 is 1.95 bits per heavy atom. The highest BCUT2D eigenvalue weighted by atomic mass is 16.3. The number of para-hydroxylation sites is 1. The highest BCUT2D eigenvalue weighted by Gasteiger charge is 2.16. The zero-order chi connectivity index (χ0) is 15.6. The van der Waals surface area contributed by atoms with Crippen LogP contribution in [0.1, 0.15) is 26.6 Å². The van der Waals surface area contributed by atoms with Gasteiger partial charge in [0, 0.05) is 19.6 Å². The molecule has 0 bridgehead atoms. The van der Waals surface area contributed by atoms with Crippen LogP contribution in [-0.4, -0.2) is 38.2 Å². The van der Waals surface area contributed by atoms with Gasteiger partial charge in [-0.05, 0) is 32.9 Å². The van der Waals surface area contributed by atoms with Gasteiger partial charge in [0.05, 0.1) is 23.6 Å². The number of hydrogen-bond acceptors (Lipinski definition) is 4. The molecule has 0 aliphatic carbocycles. The van der Waals surface area contributed by atoms with Crippen LogP contribution in [0.25, 0.3) is 10.9 Å². The molecule has 21 heavy (non-hydrogen) atoms. The highest BCUT2D eigenvalue weighted by molar-refractivity contribution is 5.77. The van der Waals surface area contributed by atoms with Gasteiger partial charge in [-0.1, -0.05) is 12.1 Å². The Kier molecular flexibility index (Phi) is 4.75. The molecule has 2 aromatic rings. The zero-order valence-corrected chi connectivity index (χ0v) is 13.1. The number of hydrogen-bond donors (Lipinski definition) is 1. The first-order valence-corrected chi connectivity index (χ1v) is 7.27. The van der Waals surface area contributed by atoms with E-state index >= 15 is 0 Å². The third-order valence-corrected chi connectivity index (χ3v) is 3.65. The van der Waals surface area contributed by atoms with Gasteiger partial charge in [-0.3, -0.25) is 14.3 Å². The Bertz CT molecular complexity index is 677. The van der Waals surface area contributed by atoms with Crippen LogP contribution in [0.15, 0.2) is 29.1 Å². The van der Waals surface area contributed by atoms with E-state index in [9.17, 15) is 9.90 Å². The summed E-state index contributed by atoms with van der Waals surface area (Å²) in [5.41, 5.74) is 0.688. The molecule has 2 rings (SSSR count). The maximum absolute atomic E-state index is 12.4. The first-order chi connectivity index (χ1) is 9.90. The Balaban J connectivity index is 2.41. The smallest absolute Gasteiger partial charge is 0.261 e. The monoisotopic (exact) mass is 289 g/mol. The second-order valence-corrected chi connectivity index (χ2v) is 5.78. The van der Waals surface area contributed by atoms with Crippen molar-refractivity contribution < 1.29 is 5.11 Å². The minimum Gasteiger partial charge on any atom is -0.392 e. The summed E-state index contributed by atoms with van der Waals surface area (Å²) >= 11 is 0. The number of fused-ring (bicyclic) bond motifs is 1. The molecule has 1 aromatic carbocycles. The van der Waals surface area contributed by atoms with Crippen LogP contribution >= 0.6 is 0 Å². The van der Waals surface area contributed by atoms with Gasteiger partial charge in [0.25, 0.3) is 5.56 Å². The molecule has 5 nitrogen and oxygen atoms in total. The predicted molar refractivity (Wildman–Crippen MR) is 84.2 cm³/mol. The fourth-order valence-corrected chi connectivity index (χ4v) is 2.38. The summed E-state index contributed by atoms with van der Waals surface area (Å²) < 4.78 is 1.60. The SMILES string of the molecule is CC(O)CN(Cc1nc2ccccc2c(=O)n1C)C(C)C. The summed E-state index contributed by atoms with van der Waals surface area (Å²) in [6, 6.07) is 7.65. The van der Waals surface area contributed by atoms with Gasteiger partial charge in [-0.15, -0.1) is 0 Å². The second-order valence-electron chi connectivity index (χ2n) is 5.78. The van der Waals surface area contributed by atoms with Gasteiger partial charge in [0.15, 0.2) is 0 Å². The van der Waals surface area contributed by atoms with Crippen molar-refractivity contribution in [2.24, 2.45) is 7.05 Å². The van der Waals surface area contributed by atoms with Crippen LogP contribution in [0.3, 0.4) is 0 Å². The lowest BCUT2D eigenvalue weighted by atomic mass is 10.2. The van der Waals surface area contributed by atoms with E-state index in [1.807, 2.05) is 18.2 Å². The molecule has 5 heteroatoms. The summed E-state index contributed by atoms with van der Waals surface area (Å²) in [6.07, 6.45) is -0.412. The van der Waals surface area contributed by atoms with Gasteiger partial charge < -0.3 is 5.11 Å². The quantitative estimate of drug-likeness (QED) is 0.907. The van der Waals surface area contributed by atoms with Crippen LogP contribution in [0, 0.1) is 0 Å². The molecular formula is C16H23N3O2. The number of benzene rings is 1. The van der Waals surface area contributed by atoms with Gasteiger partial charge in [0.1, 0.15) is 5.82 Å². The van der Waals surface area contributed by atoms with Gasteiger partial charge in [0.2, 0.25) is 0 Å². The molecule has 0 spiro atoms. The van der Waals surface area contributed by atoms with E-state index < -0.39 is 6.10 Å². The van der Waals surface area contributed by atoms with E-state index in [2.05, 4.69) is 23.7 Å². The number of nitrogens with zero attached hydrogens (tertiary/aromatic N) is 3. The molecule has 1 aromatic heterocycles. The summed E-state index contributed by atoms with van der Waals surface area (Å²) in [4.78, 5) is 19.1. The lowest BCUT2D eigenvalue weighted by molar-refractivity contribution is 0.0999. The molecule has 0 aliphatic rings. The number of aliphatic hydroxyl groups is 1. The maximum Gasteiger partial charge on any atom is 0.261 e. The van der Waals surface area contributed by atoms with Crippen molar-refractivity contribution in [3.8, 4) is 0 Å². The van der Waals surface area contributed by atoms with Gasteiger partial charge in [-0.25, -0.2) is 4.98 Å². The molecule has 114 valence electrons. The Morgan fingerprint density at radius 1 is 1.29 bits per heavy atom. The molecule has 0 fully saturated rings. The lowest BCUT2D eigenvalue weighted by Gasteiger charge is -2.27. The van der Waals surface area contributed by atoms with Crippen molar-refractivity contribution in [3.63, 3.8) is 0 Å². The lowest BCUT2D eigenvalue weighted by Crippen LogP contribution is -2.38. The summed E-state index contributed by atoms with van der Waals surface area (Å²) in [6.45, 7) is 7.00. The molecule has 1 atom stereocenters. The molecule has 0 radical (unpaired) electrons. The van der Waals surface area contributed by atoms with Crippen molar-refractivity contribution >= 4 is 10.9 Å². The molecule has 0 aliphatic heterocycles. The van der Waals surface area contributed by atoms with Crippen LogP contribution in [0.2, 0.25) is 0 Å². The summed E-state index contributed by atoms with van der Waals surface area (Å²) in [5.74, 6) is 0.716. The van der Waals surface area contributed by atoms with E-state index in [4.69, 9.17) is 0 Å². The third-order valence-electron chi connectivity index (χ3n) is 3.65. The van der Waals surface area contributed by atoms with Crippen molar-refractivity contribution in [1.82, 2.24) is 14.5 Å². The molecule has 0 saturated heterocycles. The van der Waals surface area contributed by atoms with Crippen molar-refractivity contribution in [1.29, 1.82) is 0 Å². The average molecular weight is 289 g/mol. The molecule has 1 unspecified atom stereocenters. The standard InChI is InChI=1S/C16H23N3O2/c1-11(2)19(9-12(3)20)10-15-17-14-8-6-5-7-13(14)16(21)18(15)4/h5-8,11-12,20H,9-10H2,1-4H3. The van der Waals surface area contributed by atoms with E-state index in [1.165, 1.54) is 0 Å². The highest BCUT2D eigenvalue weighted by Crippen LogP contribution is 2.11. The molecule has 0 saturated carbocycles. The average Bonchev–Trinajstić information content (AvgIpc) is 2.43. The normalized spacial score (nSPS) is 13.3. The maximum atomic E-state index is 12.4. The van der Waals surface area contributed by atoms with E-state index in [0.717, 1.165) is 5.52 Å². The van der Waals surface area contributed by atoms with E-state index in [1.54, 1.807) is 24.6 Å². The van der Waals surface area contributed by atoms with Gasteiger partial charge in [-0.2, -0.15) is 0 Å². The van der Waals surface area contributed by atoms with E-state index in [-0.39, 0.29) is 11.6 Å². The third kappa shape index (κ3) is 3.49. The van der Waals surface area contributed by atoms with Crippen LogP contribution in [0.5, 0.6) is 0 Å². The fourth-order valence-electron chi connectivity index (χ4n) is 2.38. The van der Waals surface area contributed by atoms with E-state index in [0.29, 0.717) is 24.3 Å². The Morgan fingerprint density at radius 3 is 2.57 bits per heavy atom. The first kappa shape index (κ1) is 15.7. The summed E-state index contributed by atoms with van der Waals surface area (Å²) in [5, 5.41) is 10.2.